The highest BCUT2D eigenvalue weighted by molar-refractivity contribution is 5.30. The highest BCUT2D eigenvalue weighted by atomic mass is 16.3. The fraction of sp³-hybridized carbons (Fsp3) is 0.933. The van der Waals surface area contributed by atoms with Crippen molar-refractivity contribution in [2.75, 3.05) is 6.61 Å². The molecular weight excluding hydrogens is 392 g/mol. The molecule has 0 amide bonds. The van der Waals surface area contributed by atoms with E-state index in [1.807, 2.05) is 0 Å². The first-order valence-electron chi connectivity index (χ1n) is 13.9. The third-order valence-electron chi connectivity index (χ3n) is 13.3. The van der Waals surface area contributed by atoms with E-state index in [-0.39, 0.29) is 18.1 Å². The molecule has 32 heavy (non-hydrogen) atoms. The topological polar surface area (TPSA) is 40.5 Å². The summed E-state index contributed by atoms with van der Waals surface area (Å²) >= 11 is 0. The molecule has 2 N–H and O–H groups in total. The maximum Gasteiger partial charge on any atom is 0.0639 e. The van der Waals surface area contributed by atoms with Crippen LogP contribution in [0.25, 0.3) is 0 Å². The second-order valence-electron chi connectivity index (χ2n) is 14.3. The van der Waals surface area contributed by atoms with Crippen molar-refractivity contribution in [3.05, 3.63) is 12.2 Å². The van der Waals surface area contributed by atoms with Gasteiger partial charge in [0.1, 0.15) is 0 Å². The van der Waals surface area contributed by atoms with E-state index in [9.17, 15) is 10.2 Å². The quantitative estimate of drug-likeness (QED) is 0.429. The van der Waals surface area contributed by atoms with Gasteiger partial charge in [0, 0.05) is 0 Å². The molecule has 0 aliphatic heterocycles. The summed E-state index contributed by atoms with van der Waals surface area (Å²) in [6.07, 6.45) is 15.6. The number of hydrogen-bond donors (Lipinski definition) is 2. The van der Waals surface area contributed by atoms with E-state index in [2.05, 4.69) is 41.2 Å². The van der Waals surface area contributed by atoms with Crippen molar-refractivity contribution in [2.45, 2.75) is 118 Å². The van der Waals surface area contributed by atoms with Crippen molar-refractivity contribution in [1.29, 1.82) is 0 Å². The summed E-state index contributed by atoms with van der Waals surface area (Å²) in [5, 5.41) is 20.1. The average molecular weight is 443 g/mol. The van der Waals surface area contributed by atoms with Gasteiger partial charge in [-0.15, -0.1) is 0 Å². The van der Waals surface area contributed by atoms with Crippen LogP contribution in [0.2, 0.25) is 0 Å². The molecule has 0 aromatic carbocycles. The molecule has 0 radical (unpaired) electrons. The van der Waals surface area contributed by atoms with Crippen LogP contribution in [0.1, 0.15) is 112 Å². The van der Waals surface area contributed by atoms with E-state index < -0.39 is 0 Å². The van der Waals surface area contributed by atoms with Crippen LogP contribution in [0.3, 0.4) is 0 Å². The van der Waals surface area contributed by atoms with Gasteiger partial charge in [-0.05, 0) is 121 Å². The van der Waals surface area contributed by atoms with Crippen LogP contribution in [0.5, 0.6) is 0 Å². The van der Waals surface area contributed by atoms with E-state index in [0.717, 1.165) is 42.1 Å². The normalized spacial score (nSPS) is 51.7. The highest BCUT2D eigenvalue weighted by Gasteiger charge is 2.82. The summed E-state index contributed by atoms with van der Waals surface area (Å²) in [7, 11) is 0. The molecule has 2 heteroatoms. The van der Waals surface area contributed by atoms with Crippen LogP contribution in [-0.2, 0) is 0 Å². The van der Waals surface area contributed by atoms with Crippen LogP contribution in [0.4, 0.5) is 0 Å². The zero-order valence-electron chi connectivity index (χ0n) is 21.7. The minimum atomic E-state index is -0.101. The Kier molecular flexibility index (Phi) is 5.36. The Hall–Kier alpha value is -0.340. The fourth-order valence-corrected chi connectivity index (χ4v) is 11.3. The van der Waals surface area contributed by atoms with Gasteiger partial charge in [0.05, 0.1) is 12.7 Å². The molecule has 0 bridgehead atoms. The van der Waals surface area contributed by atoms with Crippen molar-refractivity contribution in [3.63, 3.8) is 0 Å². The first kappa shape index (κ1) is 23.4. The van der Waals surface area contributed by atoms with Gasteiger partial charge in [-0.1, -0.05) is 53.2 Å². The van der Waals surface area contributed by atoms with Gasteiger partial charge in [-0.3, -0.25) is 0 Å². The molecule has 182 valence electrons. The summed E-state index contributed by atoms with van der Waals surface area (Å²) in [6.45, 7) is 16.8. The Balaban J connectivity index is 1.36. The lowest BCUT2D eigenvalue weighted by molar-refractivity contribution is -0.161. The minimum absolute atomic E-state index is 0.0969. The Labute approximate surface area is 197 Å². The van der Waals surface area contributed by atoms with Crippen LogP contribution >= 0.6 is 0 Å². The predicted molar refractivity (Wildman–Crippen MR) is 132 cm³/mol. The third kappa shape index (κ3) is 2.78. The smallest absolute Gasteiger partial charge is 0.0639 e. The van der Waals surface area contributed by atoms with E-state index in [0.29, 0.717) is 21.7 Å². The SMILES string of the molecule is C=C(CO)CCCC(C)C1CCC2(C)C3CCC4C(C)(C)C(O)CCC45CC35CCC12C. The lowest BCUT2D eigenvalue weighted by atomic mass is 9.41. The summed E-state index contributed by atoms with van der Waals surface area (Å²) in [5.74, 6) is 3.26. The molecule has 5 saturated carbocycles. The highest BCUT2D eigenvalue weighted by Crippen LogP contribution is 2.89. The van der Waals surface area contributed by atoms with Gasteiger partial charge < -0.3 is 10.2 Å². The summed E-state index contributed by atoms with van der Waals surface area (Å²) in [5.41, 5.74) is 3.22. The maximum absolute atomic E-state index is 10.8. The van der Waals surface area contributed by atoms with Gasteiger partial charge in [0.25, 0.3) is 0 Å². The first-order valence-corrected chi connectivity index (χ1v) is 13.9. The lowest BCUT2D eigenvalue weighted by Crippen LogP contribution is -2.57. The average Bonchev–Trinajstić information content (AvgIpc) is 3.33. The second kappa shape index (κ2) is 7.33. The van der Waals surface area contributed by atoms with E-state index >= 15 is 0 Å². The minimum Gasteiger partial charge on any atom is -0.393 e. The Bertz CT molecular complexity index is 771. The van der Waals surface area contributed by atoms with Gasteiger partial charge in [0.15, 0.2) is 0 Å². The van der Waals surface area contributed by atoms with Crippen molar-refractivity contribution < 1.29 is 10.2 Å². The molecule has 0 saturated heterocycles. The van der Waals surface area contributed by atoms with Gasteiger partial charge >= 0.3 is 0 Å². The van der Waals surface area contributed by atoms with Crippen LogP contribution < -0.4 is 0 Å². The molecule has 0 aromatic heterocycles. The molecule has 2 spiro atoms. The second-order valence-corrected chi connectivity index (χ2v) is 14.3. The lowest BCUT2D eigenvalue weighted by Gasteiger charge is -2.63. The molecule has 9 unspecified atom stereocenters. The van der Waals surface area contributed by atoms with E-state index in [4.69, 9.17) is 0 Å². The first-order chi connectivity index (χ1) is 15.0. The number of rotatable bonds is 6. The largest absolute Gasteiger partial charge is 0.393 e. The Morgan fingerprint density at radius 3 is 2.31 bits per heavy atom. The number of aliphatic hydroxyl groups excluding tert-OH is 2. The van der Waals surface area contributed by atoms with Crippen LogP contribution in [0, 0.1) is 50.7 Å². The maximum atomic E-state index is 10.8. The molecule has 5 rings (SSSR count). The molecule has 9 atom stereocenters. The standard InChI is InChI=1S/C30H50O2/c1-20(18-31)8-7-9-21(2)22-12-14-28(6)24-11-10-23-26(3,4)25(32)13-15-29(23)19-30(24,29)17-16-27(22,28)5/h21-25,31-32H,1,7-19H2,2-6H3. The van der Waals surface area contributed by atoms with Crippen molar-refractivity contribution in [1.82, 2.24) is 0 Å². The molecule has 2 nitrogen and oxygen atoms in total. The Morgan fingerprint density at radius 2 is 1.59 bits per heavy atom. The van der Waals surface area contributed by atoms with Crippen LogP contribution in [0.15, 0.2) is 12.2 Å². The monoisotopic (exact) mass is 442 g/mol. The summed E-state index contributed by atoms with van der Waals surface area (Å²) < 4.78 is 0. The molecular formula is C30H50O2. The summed E-state index contributed by atoms with van der Waals surface area (Å²) in [4.78, 5) is 0. The van der Waals surface area contributed by atoms with Crippen molar-refractivity contribution >= 4 is 0 Å². The number of hydrogen-bond acceptors (Lipinski definition) is 2. The molecule has 5 fully saturated rings. The molecule has 5 aliphatic carbocycles. The number of fused-ring (bicyclic) bond motifs is 2. The zero-order valence-corrected chi connectivity index (χ0v) is 21.7. The van der Waals surface area contributed by atoms with Gasteiger partial charge in [0.2, 0.25) is 0 Å². The van der Waals surface area contributed by atoms with E-state index in [1.54, 1.807) is 0 Å². The van der Waals surface area contributed by atoms with E-state index in [1.165, 1.54) is 64.2 Å². The van der Waals surface area contributed by atoms with Crippen LogP contribution in [-0.4, -0.2) is 22.9 Å². The third-order valence-corrected chi connectivity index (χ3v) is 13.3. The van der Waals surface area contributed by atoms with Gasteiger partial charge in [-0.2, -0.15) is 0 Å². The fourth-order valence-electron chi connectivity index (χ4n) is 11.3. The van der Waals surface area contributed by atoms with Gasteiger partial charge in [-0.25, -0.2) is 0 Å². The predicted octanol–water partition coefficient (Wildman–Crippen LogP) is 7.14. The zero-order chi connectivity index (χ0) is 23.2. The molecule has 5 aliphatic rings. The molecule has 0 aromatic rings. The summed E-state index contributed by atoms with van der Waals surface area (Å²) in [6, 6.07) is 0. The molecule has 0 heterocycles. The number of aliphatic hydroxyl groups is 2. The van der Waals surface area contributed by atoms with Crippen molar-refractivity contribution in [3.8, 4) is 0 Å². The van der Waals surface area contributed by atoms with Crippen molar-refractivity contribution in [2.24, 2.45) is 50.7 Å². The Morgan fingerprint density at radius 1 is 0.906 bits per heavy atom.